The summed E-state index contributed by atoms with van der Waals surface area (Å²) in [4.78, 5) is 23.6. The summed E-state index contributed by atoms with van der Waals surface area (Å²) in [6.07, 6.45) is 0.320. The molecule has 1 heterocycles. The van der Waals surface area contributed by atoms with Crippen molar-refractivity contribution in [2.45, 2.75) is 6.42 Å². The second-order valence-corrected chi connectivity index (χ2v) is 5.69. The van der Waals surface area contributed by atoms with Crippen molar-refractivity contribution in [3.63, 3.8) is 0 Å². The molecular weight excluding hydrogens is 334 g/mol. The predicted octanol–water partition coefficient (Wildman–Crippen LogP) is 3.21. The quantitative estimate of drug-likeness (QED) is 0.869. The van der Waals surface area contributed by atoms with Crippen LogP contribution in [0.15, 0.2) is 46.9 Å². The van der Waals surface area contributed by atoms with Crippen molar-refractivity contribution in [1.29, 1.82) is 0 Å². The van der Waals surface area contributed by atoms with E-state index in [1.54, 1.807) is 18.2 Å². The molecular formula is C16H12BrNO3. The van der Waals surface area contributed by atoms with E-state index in [1.165, 1.54) is 0 Å². The summed E-state index contributed by atoms with van der Waals surface area (Å²) in [6.45, 7) is 0.0131. The highest BCUT2D eigenvalue weighted by atomic mass is 79.9. The number of ether oxygens (including phenoxy) is 1. The van der Waals surface area contributed by atoms with Gasteiger partial charge in [-0.15, -0.1) is 0 Å². The molecule has 1 N–H and O–H groups in total. The van der Waals surface area contributed by atoms with Crippen molar-refractivity contribution in [1.82, 2.24) is 0 Å². The molecule has 0 bridgehead atoms. The Kier molecular flexibility index (Phi) is 3.75. The van der Waals surface area contributed by atoms with Gasteiger partial charge in [-0.2, -0.15) is 0 Å². The van der Waals surface area contributed by atoms with Crippen LogP contribution in [0.4, 0.5) is 5.69 Å². The zero-order chi connectivity index (χ0) is 14.8. The van der Waals surface area contributed by atoms with Crippen molar-refractivity contribution >= 4 is 33.3 Å². The van der Waals surface area contributed by atoms with Gasteiger partial charge in [0.2, 0.25) is 0 Å². The third kappa shape index (κ3) is 3.13. The molecule has 0 aromatic heterocycles. The number of benzene rings is 2. The van der Waals surface area contributed by atoms with Gasteiger partial charge in [-0.1, -0.05) is 28.1 Å². The van der Waals surface area contributed by atoms with E-state index >= 15 is 0 Å². The molecule has 3 rings (SSSR count). The van der Waals surface area contributed by atoms with Gasteiger partial charge in [-0.25, -0.2) is 0 Å². The van der Waals surface area contributed by atoms with E-state index in [4.69, 9.17) is 4.74 Å². The van der Waals surface area contributed by atoms with Gasteiger partial charge in [0.15, 0.2) is 12.4 Å². The number of carbonyl (C=O) groups is 2. The third-order valence-corrected chi connectivity index (χ3v) is 3.74. The topological polar surface area (TPSA) is 55.4 Å². The van der Waals surface area contributed by atoms with Crippen LogP contribution < -0.4 is 10.1 Å². The maximum Gasteiger partial charge on any atom is 0.262 e. The molecule has 1 aliphatic rings. The fraction of sp³-hybridized carbons (Fsp3) is 0.125. The first-order chi connectivity index (χ1) is 10.1. The lowest BCUT2D eigenvalue weighted by Crippen LogP contribution is -2.25. The van der Waals surface area contributed by atoms with Crippen molar-refractivity contribution in [2.75, 3.05) is 11.9 Å². The van der Waals surface area contributed by atoms with E-state index in [-0.39, 0.29) is 18.3 Å². The van der Waals surface area contributed by atoms with Gasteiger partial charge in [0.1, 0.15) is 5.75 Å². The second-order valence-electron chi connectivity index (χ2n) is 4.77. The number of amides is 1. The van der Waals surface area contributed by atoms with Crippen molar-refractivity contribution in [3.05, 3.63) is 58.1 Å². The molecule has 5 heteroatoms. The molecule has 0 unspecified atom stereocenters. The number of ketones is 1. The minimum atomic E-state index is -0.208. The molecule has 0 aliphatic carbocycles. The maximum atomic E-state index is 12.3. The summed E-state index contributed by atoms with van der Waals surface area (Å²) in [7, 11) is 0. The molecule has 0 atom stereocenters. The highest BCUT2D eigenvalue weighted by Crippen LogP contribution is 2.28. The van der Waals surface area contributed by atoms with Crippen LogP contribution >= 0.6 is 15.9 Å². The summed E-state index contributed by atoms with van der Waals surface area (Å²) in [5.74, 6) is 0.384. The number of fused-ring (bicyclic) bond motifs is 1. The first-order valence-corrected chi connectivity index (χ1v) is 7.25. The van der Waals surface area contributed by atoms with Gasteiger partial charge in [0.25, 0.3) is 5.91 Å². The Bertz CT molecular complexity index is 710. The molecule has 21 heavy (non-hydrogen) atoms. The van der Waals surface area contributed by atoms with Gasteiger partial charge >= 0.3 is 0 Å². The number of hydrogen-bond acceptors (Lipinski definition) is 3. The largest absolute Gasteiger partial charge is 0.482 e. The molecule has 0 saturated carbocycles. The van der Waals surface area contributed by atoms with E-state index in [2.05, 4.69) is 21.2 Å². The van der Waals surface area contributed by atoms with Crippen molar-refractivity contribution < 1.29 is 14.3 Å². The van der Waals surface area contributed by atoms with Gasteiger partial charge < -0.3 is 10.1 Å². The number of halogens is 1. The number of anilines is 1. The fourth-order valence-corrected chi connectivity index (χ4v) is 2.41. The number of Topliss-reactive ketones (excluding diaryl/α,β-unsaturated/α-hetero) is 1. The Labute approximate surface area is 130 Å². The number of carbonyl (C=O) groups excluding carboxylic acids is 2. The number of hydrogen-bond donors (Lipinski definition) is 1. The van der Waals surface area contributed by atoms with Crippen LogP contribution in [0.25, 0.3) is 0 Å². The van der Waals surface area contributed by atoms with Crippen LogP contribution in [-0.2, 0) is 11.2 Å². The van der Waals surface area contributed by atoms with Crippen LogP contribution in [-0.4, -0.2) is 18.3 Å². The second kappa shape index (κ2) is 5.69. The SMILES string of the molecule is O=C1COc2ccc(C(=O)Cc3ccc(Br)cc3)cc2N1. The summed E-state index contributed by atoms with van der Waals surface area (Å²) < 4.78 is 6.25. The predicted molar refractivity (Wildman–Crippen MR) is 82.7 cm³/mol. The van der Waals surface area contributed by atoms with Gasteiger partial charge in [-0.3, -0.25) is 9.59 Å². The molecule has 4 nitrogen and oxygen atoms in total. The zero-order valence-corrected chi connectivity index (χ0v) is 12.6. The van der Waals surface area contributed by atoms with Crippen molar-refractivity contribution in [3.8, 4) is 5.75 Å². The Morgan fingerprint density at radius 1 is 1.19 bits per heavy atom. The molecule has 0 saturated heterocycles. The van der Waals surface area contributed by atoms with Crippen molar-refractivity contribution in [2.24, 2.45) is 0 Å². The maximum absolute atomic E-state index is 12.3. The lowest BCUT2D eigenvalue weighted by molar-refractivity contribution is -0.118. The molecule has 0 fully saturated rings. The van der Waals surface area contributed by atoms with Gasteiger partial charge in [0, 0.05) is 16.5 Å². The zero-order valence-electron chi connectivity index (χ0n) is 11.1. The summed E-state index contributed by atoms with van der Waals surface area (Å²) >= 11 is 3.36. The number of nitrogens with one attached hydrogen (secondary N) is 1. The van der Waals surface area contributed by atoms with E-state index in [1.807, 2.05) is 24.3 Å². The minimum absolute atomic E-state index is 0.0000510. The monoisotopic (exact) mass is 345 g/mol. The molecule has 0 radical (unpaired) electrons. The Morgan fingerprint density at radius 2 is 1.95 bits per heavy atom. The molecule has 1 aliphatic heterocycles. The summed E-state index contributed by atoms with van der Waals surface area (Å²) in [6, 6.07) is 12.7. The van der Waals surface area contributed by atoms with E-state index in [0.717, 1.165) is 10.0 Å². The van der Waals surface area contributed by atoms with Gasteiger partial charge in [0.05, 0.1) is 5.69 Å². The molecule has 1 amide bonds. The normalized spacial score (nSPS) is 13.1. The van der Waals surface area contributed by atoms with E-state index < -0.39 is 0 Å². The summed E-state index contributed by atoms with van der Waals surface area (Å²) in [5, 5.41) is 2.70. The molecule has 0 spiro atoms. The van der Waals surface area contributed by atoms with E-state index in [9.17, 15) is 9.59 Å². The van der Waals surface area contributed by atoms with Crippen LogP contribution in [0.5, 0.6) is 5.75 Å². The van der Waals surface area contributed by atoms with Gasteiger partial charge in [-0.05, 0) is 35.9 Å². The average molecular weight is 346 g/mol. The Balaban J connectivity index is 1.80. The minimum Gasteiger partial charge on any atom is -0.482 e. The fourth-order valence-electron chi connectivity index (χ4n) is 2.15. The smallest absolute Gasteiger partial charge is 0.262 e. The Morgan fingerprint density at radius 3 is 2.71 bits per heavy atom. The van der Waals surface area contributed by atoms with Crippen LogP contribution in [0.1, 0.15) is 15.9 Å². The first-order valence-electron chi connectivity index (χ1n) is 6.46. The highest BCUT2D eigenvalue weighted by Gasteiger charge is 2.17. The Hall–Kier alpha value is -2.14. The average Bonchev–Trinajstić information content (AvgIpc) is 2.48. The van der Waals surface area contributed by atoms with Crippen LogP contribution in [0.2, 0.25) is 0 Å². The summed E-state index contributed by atoms with van der Waals surface area (Å²) in [5.41, 5.74) is 2.05. The standard InChI is InChI=1S/C16H12BrNO3/c17-12-4-1-10(2-5-12)7-14(19)11-3-6-15-13(8-11)18-16(20)9-21-15/h1-6,8H,7,9H2,(H,18,20). The molecule has 2 aromatic carbocycles. The van der Waals surface area contributed by atoms with Crippen LogP contribution in [0, 0.1) is 0 Å². The lowest BCUT2D eigenvalue weighted by Gasteiger charge is -2.18. The first kappa shape index (κ1) is 13.8. The third-order valence-electron chi connectivity index (χ3n) is 3.21. The molecule has 106 valence electrons. The molecule has 2 aromatic rings. The highest BCUT2D eigenvalue weighted by molar-refractivity contribution is 9.10. The van der Waals surface area contributed by atoms with E-state index in [0.29, 0.717) is 23.4 Å². The number of rotatable bonds is 3. The lowest BCUT2D eigenvalue weighted by atomic mass is 10.0. The van der Waals surface area contributed by atoms with Crippen LogP contribution in [0.3, 0.4) is 0 Å².